The Hall–Kier alpha value is -2.43. The first kappa shape index (κ1) is 13.0. The van der Waals surface area contributed by atoms with E-state index in [1.54, 1.807) is 30.3 Å². The van der Waals surface area contributed by atoms with E-state index in [2.05, 4.69) is 0 Å². The van der Waals surface area contributed by atoms with Gasteiger partial charge in [-0.15, -0.1) is 0 Å². The fraction of sp³-hybridized carbons (Fsp3) is 0.214. The minimum atomic E-state index is -0.966. The molecule has 1 unspecified atom stereocenters. The quantitative estimate of drug-likeness (QED) is 0.835. The van der Waals surface area contributed by atoms with Gasteiger partial charge < -0.3 is 19.4 Å². The maximum Gasteiger partial charge on any atom is 0.310 e. The van der Waals surface area contributed by atoms with Crippen LogP contribution in [0.15, 0.2) is 47.1 Å². The number of rotatable bonds is 6. The van der Waals surface area contributed by atoms with E-state index in [9.17, 15) is 9.90 Å². The van der Waals surface area contributed by atoms with Gasteiger partial charge in [0.2, 0.25) is 0 Å². The Morgan fingerprint density at radius 2 is 2.05 bits per heavy atom. The van der Waals surface area contributed by atoms with Crippen LogP contribution in [0, 0.1) is 5.92 Å². The van der Waals surface area contributed by atoms with Crippen molar-refractivity contribution in [2.45, 2.75) is 6.42 Å². The summed E-state index contributed by atoms with van der Waals surface area (Å²) in [7, 11) is 0. The highest BCUT2D eigenvalue weighted by atomic mass is 16.5. The third kappa shape index (κ3) is 3.51. The van der Waals surface area contributed by atoms with Crippen LogP contribution in [0.3, 0.4) is 0 Å². The van der Waals surface area contributed by atoms with E-state index in [-0.39, 0.29) is 24.5 Å². The molecule has 0 radical (unpaired) electrons. The third-order valence-corrected chi connectivity index (χ3v) is 2.68. The Balaban J connectivity index is 1.98. The molecule has 0 saturated carbocycles. The van der Waals surface area contributed by atoms with Crippen molar-refractivity contribution >= 4 is 5.97 Å². The molecule has 1 aromatic carbocycles. The molecule has 1 atom stereocenters. The number of para-hydroxylation sites is 2. The Kier molecular flexibility index (Phi) is 4.07. The van der Waals surface area contributed by atoms with Gasteiger partial charge in [0.05, 0.1) is 12.2 Å². The molecule has 0 bridgehead atoms. The van der Waals surface area contributed by atoms with Gasteiger partial charge in [-0.1, -0.05) is 12.1 Å². The molecule has 0 saturated heterocycles. The van der Waals surface area contributed by atoms with Crippen LogP contribution < -0.4 is 4.74 Å². The number of furan rings is 1. The van der Waals surface area contributed by atoms with Crippen molar-refractivity contribution in [1.82, 2.24) is 0 Å². The molecule has 0 aliphatic carbocycles. The normalized spacial score (nSPS) is 12.0. The third-order valence-electron chi connectivity index (χ3n) is 2.68. The minimum absolute atomic E-state index is 0.00960. The first-order valence-corrected chi connectivity index (χ1v) is 5.83. The highest BCUT2D eigenvalue weighted by Crippen LogP contribution is 2.25. The SMILES string of the molecule is O=C(O)C(COc1ccccc1O)Cc1ccco1. The maximum absolute atomic E-state index is 11.1. The monoisotopic (exact) mass is 262 g/mol. The van der Waals surface area contributed by atoms with Crippen molar-refractivity contribution in [2.24, 2.45) is 5.92 Å². The Morgan fingerprint density at radius 3 is 2.68 bits per heavy atom. The van der Waals surface area contributed by atoms with Gasteiger partial charge in [-0.3, -0.25) is 4.79 Å². The van der Waals surface area contributed by atoms with Crippen molar-refractivity contribution in [1.29, 1.82) is 0 Å². The maximum atomic E-state index is 11.1. The molecule has 0 aliphatic rings. The summed E-state index contributed by atoms with van der Waals surface area (Å²) in [5.74, 6) is -0.844. The number of phenols is 1. The lowest BCUT2D eigenvalue weighted by Crippen LogP contribution is -2.23. The second-order valence-corrected chi connectivity index (χ2v) is 4.10. The molecule has 5 nitrogen and oxygen atoms in total. The number of aliphatic carboxylic acids is 1. The van der Waals surface area contributed by atoms with Crippen molar-refractivity contribution < 1.29 is 24.2 Å². The lowest BCUT2D eigenvalue weighted by atomic mass is 10.1. The van der Waals surface area contributed by atoms with Gasteiger partial charge in [0.1, 0.15) is 12.4 Å². The number of carboxylic acids is 1. The molecule has 1 aromatic heterocycles. The zero-order valence-electron chi connectivity index (χ0n) is 10.2. The highest BCUT2D eigenvalue weighted by Gasteiger charge is 2.20. The van der Waals surface area contributed by atoms with Crippen molar-refractivity contribution in [3.05, 3.63) is 48.4 Å². The Labute approximate surface area is 110 Å². The summed E-state index contributed by atoms with van der Waals surface area (Å²) in [5.41, 5.74) is 0. The molecular formula is C14H14O5. The largest absolute Gasteiger partial charge is 0.504 e. The number of aromatic hydroxyl groups is 1. The van der Waals surface area contributed by atoms with Crippen molar-refractivity contribution in [3.63, 3.8) is 0 Å². The van der Waals surface area contributed by atoms with E-state index in [4.69, 9.17) is 14.3 Å². The average molecular weight is 262 g/mol. The molecule has 0 aliphatic heterocycles. The Morgan fingerprint density at radius 1 is 1.26 bits per heavy atom. The zero-order chi connectivity index (χ0) is 13.7. The second kappa shape index (κ2) is 5.95. The predicted molar refractivity (Wildman–Crippen MR) is 67.1 cm³/mol. The zero-order valence-corrected chi connectivity index (χ0v) is 10.2. The lowest BCUT2D eigenvalue weighted by molar-refractivity contribution is -0.142. The van der Waals surface area contributed by atoms with E-state index >= 15 is 0 Å². The molecule has 2 aromatic rings. The van der Waals surface area contributed by atoms with Crippen LogP contribution in [-0.2, 0) is 11.2 Å². The van der Waals surface area contributed by atoms with Crippen LogP contribution in [0.4, 0.5) is 0 Å². The van der Waals surface area contributed by atoms with E-state index in [1.807, 2.05) is 0 Å². The summed E-state index contributed by atoms with van der Waals surface area (Å²) in [6, 6.07) is 9.86. The van der Waals surface area contributed by atoms with E-state index in [0.717, 1.165) is 0 Å². The summed E-state index contributed by atoms with van der Waals surface area (Å²) in [4.78, 5) is 11.1. The van der Waals surface area contributed by atoms with E-state index in [1.165, 1.54) is 12.3 Å². The number of hydrogen-bond acceptors (Lipinski definition) is 4. The predicted octanol–water partition coefficient (Wildman–Crippen LogP) is 2.31. The first-order chi connectivity index (χ1) is 9.16. The highest BCUT2D eigenvalue weighted by molar-refractivity contribution is 5.70. The van der Waals surface area contributed by atoms with E-state index in [0.29, 0.717) is 5.76 Å². The Bertz CT molecular complexity index is 533. The first-order valence-electron chi connectivity index (χ1n) is 5.83. The fourth-order valence-corrected chi connectivity index (χ4v) is 1.66. The van der Waals surface area contributed by atoms with Gasteiger partial charge in [-0.05, 0) is 24.3 Å². The van der Waals surface area contributed by atoms with Gasteiger partial charge in [0.15, 0.2) is 11.5 Å². The van der Waals surface area contributed by atoms with Crippen LogP contribution >= 0.6 is 0 Å². The van der Waals surface area contributed by atoms with Crippen LogP contribution in [0.1, 0.15) is 5.76 Å². The number of hydrogen-bond donors (Lipinski definition) is 2. The molecular weight excluding hydrogens is 248 g/mol. The van der Waals surface area contributed by atoms with Gasteiger partial charge >= 0.3 is 5.97 Å². The summed E-state index contributed by atoms with van der Waals surface area (Å²) < 4.78 is 10.5. The van der Waals surface area contributed by atoms with Crippen LogP contribution in [0.5, 0.6) is 11.5 Å². The summed E-state index contributed by atoms with van der Waals surface area (Å²) >= 11 is 0. The smallest absolute Gasteiger partial charge is 0.310 e. The number of benzene rings is 1. The summed E-state index contributed by atoms with van der Waals surface area (Å²) in [5, 5.41) is 18.7. The number of carboxylic acid groups (broad SMARTS) is 1. The fourth-order valence-electron chi connectivity index (χ4n) is 1.66. The molecule has 0 fully saturated rings. The molecule has 2 N–H and O–H groups in total. The number of carbonyl (C=O) groups is 1. The van der Waals surface area contributed by atoms with E-state index < -0.39 is 11.9 Å². The van der Waals surface area contributed by atoms with Crippen molar-refractivity contribution in [2.75, 3.05) is 6.61 Å². The summed E-state index contributed by atoms with van der Waals surface area (Å²) in [6.07, 6.45) is 1.74. The molecule has 2 rings (SSSR count). The molecule has 100 valence electrons. The number of ether oxygens (including phenoxy) is 1. The molecule has 0 amide bonds. The summed E-state index contributed by atoms with van der Waals surface area (Å²) in [6.45, 7) is -0.0341. The lowest BCUT2D eigenvalue weighted by Gasteiger charge is -2.13. The topological polar surface area (TPSA) is 79.9 Å². The molecule has 0 spiro atoms. The van der Waals surface area contributed by atoms with Gasteiger partial charge in [-0.2, -0.15) is 0 Å². The van der Waals surface area contributed by atoms with Gasteiger partial charge in [0, 0.05) is 6.42 Å². The van der Waals surface area contributed by atoms with Crippen LogP contribution in [0.25, 0.3) is 0 Å². The van der Waals surface area contributed by atoms with Crippen LogP contribution in [-0.4, -0.2) is 22.8 Å². The van der Waals surface area contributed by atoms with Gasteiger partial charge in [-0.25, -0.2) is 0 Å². The molecule has 5 heteroatoms. The molecule has 19 heavy (non-hydrogen) atoms. The number of phenolic OH excluding ortho intramolecular Hbond substituents is 1. The van der Waals surface area contributed by atoms with Gasteiger partial charge in [0.25, 0.3) is 0 Å². The minimum Gasteiger partial charge on any atom is -0.504 e. The van der Waals surface area contributed by atoms with Crippen molar-refractivity contribution in [3.8, 4) is 11.5 Å². The second-order valence-electron chi connectivity index (χ2n) is 4.10. The molecule has 1 heterocycles. The average Bonchev–Trinajstić information content (AvgIpc) is 2.88. The van der Waals surface area contributed by atoms with Crippen LogP contribution in [0.2, 0.25) is 0 Å². The standard InChI is InChI=1S/C14H14O5/c15-12-5-1-2-6-13(12)19-9-10(14(16)17)8-11-4-3-7-18-11/h1-7,10,15H,8-9H2,(H,16,17).